The largest absolute Gasteiger partial charge is 0.494 e. The van der Waals surface area contributed by atoms with Crippen LogP contribution in [0.4, 0.5) is 5.69 Å². The third kappa shape index (κ3) is 5.08. The maximum Gasteiger partial charge on any atom is 0.240 e. The Kier molecular flexibility index (Phi) is 6.31. The molecule has 0 saturated heterocycles. The van der Waals surface area contributed by atoms with E-state index in [4.69, 9.17) is 4.74 Å². The highest BCUT2D eigenvalue weighted by Gasteiger charge is 2.15. The zero-order valence-corrected chi connectivity index (χ0v) is 13.9. The second-order valence-electron chi connectivity index (χ2n) is 5.13. The quantitative estimate of drug-likeness (QED) is 0.846. The molecule has 2 rings (SSSR count). The molecule has 0 unspecified atom stereocenters. The van der Waals surface area contributed by atoms with E-state index in [-0.39, 0.29) is 18.4 Å². The number of amides is 2. The number of pyridine rings is 1. The van der Waals surface area contributed by atoms with Gasteiger partial charge in [-0.3, -0.25) is 14.6 Å². The van der Waals surface area contributed by atoms with Crippen LogP contribution in [-0.4, -0.2) is 29.9 Å². The molecule has 2 amide bonds. The van der Waals surface area contributed by atoms with Gasteiger partial charge in [-0.1, -0.05) is 6.07 Å². The van der Waals surface area contributed by atoms with Crippen molar-refractivity contribution in [2.75, 3.05) is 18.1 Å². The molecular formula is C18H21N3O3. The lowest BCUT2D eigenvalue weighted by Crippen LogP contribution is -2.39. The molecule has 6 nitrogen and oxygen atoms in total. The van der Waals surface area contributed by atoms with E-state index in [2.05, 4.69) is 10.3 Å². The molecule has 0 aliphatic heterocycles. The van der Waals surface area contributed by atoms with Crippen LogP contribution in [0, 0.1) is 0 Å². The first-order valence-corrected chi connectivity index (χ1v) is 7.77. The van der Waals surface area contributed by atoms with Gasteiger partial charge in [0.25, 0.3) is 0 Å². The molecule has 24 heavy (non-hydrogen) atoms. The Hall–Kier alpha value is -2.89. The van der Waals surface area contributed by atoms with Crippen molar-refractivity contribution in [3.05, 3.63) is 54.4 Å². The molecule has 0 aliphatic carbocycles. The van der Waals surface area contributed by atoms with Gasteiger partial charge in [0, 0.05) is 18.8 Å². The van der Waals surface area contributed by atoms with Crippen molar-refractivity contribution >= 4 is 17.5 Å². The third-order valence-corrected chi connectivity index (χ3v) is 3.33. The molecule has 1 aromatic carbocycles. The van der Waals surface area contributed by atoms with Crippen LogP contribution < -0.4 is 15.0 Å². The van der Waals surface area contributed by atoms with Crippen LogP contribution in [0.2, 0.25) is 0 Å². The fourth-order valence-corrected chi connectivity index (χ4v) is 2.16. The summed E-state index contributed by atoms with van der Waals surface area (Å²) in [5.41, 5.74) is 1.42. The predicted octanol–water partition coefficient (Wildman–Crippen LogP) is 2.15. The third-order valence-electron chi connectivity index (χ3n) is 3.33. The maximum absolute atomic E-state index is 12.1. The van der Waals surface area contributed by atoms with E-state index in [0.29, 0.717) is 18.8 Å². The van der Waals surface area contributed by atoms with Gasteiger partial charge in [-0.2, -0.15) is 0 Å². The lowest BCUT2D eigenvalue weighted by atomic mass is 10.2. The molecule has 0 aliphatic rings. The number of nitrogens with zero attached hydrogens (tertiary/aromatic N) is 2. The number of hydrogen-bond acceptors (Lipinski definition) is 4. The molecule has 1 aromatic heterocycles. The summed E-state index contributed by atoms with van der Waals surface area (Å²) < 4.78 is 5.38. The number of nitrogens with one attached hydrogen (secondary N) is 1. The zero-order valence-electron chi connectivity index (χ0n) is 13.9. The second-order valence-corrected chi connectivity index (χ2v) is 5.13. The van der Waals surface area contributed by atoms with Gasteiger partial charge in [0.15, 0.2) is 0 Å². The van der Waals surface area contributed by atoms with Crippen LogP contribution in [0.3, 0.4) is 0 Å². The van der Waals surface area contributed by atoms with Crippen LogP contribution in [-0.2, 0) is 16.1 Å². The van der Waals surface area contributed by atoms with Crippen molar-refractivity contribution in [2.45, 2.75) is 20.4 Å². The summed E-state index contributed by atoms with van der Waals surface area (Å²) in [6, 6.07) is 12.6. The SMILES string of the molecule is CCOc1ccc(N(CC(=O)NCc2ccccn2)C(C)=O)cc1. The van der Waals surface area contributed by atoms with Crippen LogP contribution in [0.5, 0.6) is 5.75 Å². The molecule has 0 bridgehead atoms. The second kappa shape index (κ2) is 8.67. The molecule has 1 heterocycles. The average Bonchev–Trinajstić information content (AvgIpc) is 2.60. The topological polar surface area (TPSA) is 71.5 Å². The smallest absolute Gasteiger partial charge is 0.240 e. The molecule has 0 atom stereocenters. The van der Waals surface area contributed by atoms with E-state index < -0.39 is 0 Å². The Bertz CT molecular complexity index is 672. The van der Waals surface area contributed by atoms with Crippen LogP contribution in [0.15, 0.2) is 48.7 Å². The number of benzene rings is 1. The number of ether oxygens (including phenoxy) is 1. The van der Waals surface area contributed by atoms with Crippen LogP contribution in [0.1, 0.15) is 19.5 Å². The molecule has 0 fully saturated rings. The van der Waals surface area contributed by atoms with Crippen LogP contribution >= 0.6 is 0 Å². The standard InChI is InChI=1S/C18H21N3O3/c1-3-24-17-9-7-16(8-10-17)21(14(2)22)13-18(23)20-12-15-6-4-5-11-19-15/h4-11H,3,12-13H2,1-2H3,(H,20,23). The summed E-state index contributed by atoms with van der Waals surface area (Å²) in [6.45, 7) is 4.20. The van der Waals surface area contributed by atoms with Crippen molar-refractivity contribution in [2.24, 2.45) is 0 Å². The predicted molar refractivity (Wildman–Crippen MR) is 91.7 cm³/mol. The monoisotopic (exact) mass is 327 g/mol. The van der Waals surface area contributed by atoms with Gasteiger partial charge in [0.2, 0.25) is 11.8 Å². The summed E-state index contributed by atoms with van der Waals surface area (Å²) in [5, 5.41) is 2.77. The summed E-state index contributed by atoms with van der Waals surface area (Å²) >= 11 is 0. The lowest BCUT2D eigenvalue weighted by Gasteiger charge is -2.21. The first-order chi connectivity index (χ1) is 11.6. The number of carbonyl (C=O) groups excluding carboxylic acids is 2. The van der Waals surface area contributed by atoms with Gasteiger partial charge >= 0.3 is 0 Å². The minimum Gasteiger partial charge on any atom is -0.494 e. The molecular weight excluding hydrogens is 306 g/mol. The van der Waals surface area contributed by atoms with Gasteiger partial charge in [0.05, 0.1) is 18.8 Å². The van der Waals surface area contributed by atoms with Gasteiger partial charge in [-0.05, 0) is 43.3 Å². The molecule has 6 heteroatoms. The van der Waals surface area contributed by atoms with Gasteiger partial charge in [-0.15, -0.1) is 0 Å². The minimum absolute atomic E-state index is 0.0455. The highest BCUT2D eigenvalue weighted by atomic mass is 16.5. The van der Waals surface area contributed by atoms with Gasteiger partial charge in [-0.25, -0.2) is 0 Å². The fraction of sp³-hybridized carbons (Fsp3) is 0.278. The number of hydrogen-bond donors (Lipinski definition) is 1. The van der Waals surface area contributed by atoms with Crippen molar-refractivity contribution < 1.29 is 14.3 Å². The average molecular weight is 327 g/mol. The lowest BCUT2D eigenvalue weighted by molar-refractivity contribution is -0.123. The number of aromatic nitrogens is 1. The Morgan fingerprint density at radius 1 is 1.17 bits per heavy atom. The normalized spacial score (nSPS) is 10.1. The molecule has 2 aromatic rings. The Balaban J connectivity index is 1.97. The molecule has 0 spiro atoms. The molecule has 0 radical (unpaired) electrons. The van der Waals surface area contributed by atoms with Gasteiger partial charge < -0.3 is 15.0 Å². The Morgan fingerprint density at radius 2 is 1.92 bits per heavy atom. The first kappa shape index (κ1) is 17.5. The maximum atomic E-state index is 12.1. The van der Waals surface area contributed by atoms with Crippen molar-refractivity contribution in [3.8, 4) is 5.75 Å². The number of carbonyl (C=O) groups is 2. The first-order valence-electron chi connectivity index (χ1n) is 7.77. The summed E-state index contributed by atoms with van der Waals surface area (Å²) in [4.78, 5) is 29.5. The highest BCUT2D eigenvalue weighted by Crippen LogP contribution is 2.19. The van der Waals surface area contributed by atoms with E-state index in [9.17, 15) is 9.59 Å². The number of rotatable bonds is 7. The van der Waals surface area contributed by atoms with E-state index in [1.54, 1.807) is 30.5 Å². The number of anilines is 1. The van der Waals surface area contributed by atoms with Crippen molar-refractivity contribution in [3.63, 3.8) is 0 Å². The van der Waals surface area contributed by atoms with E-state index in [1.165, 1.54) is 11.8 Å². The Morgan fingerprint density at radius 3 is 2.50 bits per heavy atom. The van der Waals surface area contributed by atoms with Crippen LogP contribution in [0.25, 0.3) is 0 Å². The van der Waals surface area contributed by atoms with Crippen molar-refractivity contribution in [1.29, 1.82) is 0 Å². The van der Waals surface area contributed by atoms with E-state index >= 15 is 0 Å². The highest BCUT2D eigenvalue weighted by molar-refractivity contribution is 5.97. The molecule has 126 valence electrons. The fourth-order valence-electron chi connectivity index (χ4n) is 2.16. The minimum atomic E-state index is -0.246. The van der Waals surface area contributed by atoms with Crippen molar-refractivity contribution in [1.82, 2.24) is 10.3 Å². The molecule has 1 N–H and O–H groups in total. The Labute approximate surface area is 141 Å². The molecule has 0 saturated carbocycles. The zero-order chi connectivity index (χ0) is 17.4. The van der Waals surface area contributed by atoms with E-state index in [1.807, 2.05) is 25.1 Å². The summed E-state index contributed by atoms with van der Waals surface area (Å²) in [5.74, 6) is 0.279. The van der Waals surface area contributed by atoms with Gasteiger partial charge in [0.1, 0.15) is 12.3 Å². The summed E-state index contributed by atoms with van der Waals surface area (Å²) in [6.07, 6.45) is 1.67. The summed E-state index contributed by atoms with van der Waals surface area (Å²) in [7, 11) is 0. The van der Waals surface area contributed by atoms with E-state index in [0.717, 1.165) is 11.4 Å².